The Morgan fingerprint density at radius 3 is 2.95 bits per heavy atom. The van der Waals surface area contributed by atoms with Gasteiger partial charge in [-0.25, -0.2) is 9.37 Å². The number of amides is 1. The number of rotatable bonds is 4. The summed E-state index contributed by atoms with van der Waals surface area (Å²) in [4.78, 5) is 16.0. The lowest BCUT2D eigenvalue weighted by molar-refractivity contribution is -0.115. The highest BCUT2D eigenvalue weighted by molar-refractivity contribution is 7.09. The zero-order valence-electron chi connectivity index (χ0n) is 10.2. The fourth-order valence-corrected chi connectivity index (χ4v) is 2.58. The Labute approximate surface area is 119 Å². The van der Waals surface area contributed by atoms with E-state index in [0.717, 1.165) is 5.69 Å². The Kier molecular flexibility index (Phi) is 4.50. The number of carbonyl (C=O) groups excluding carboxylic acids is 1. The van der Waals surface area contributed by atoms with Crippen LogP contribution in [-0.4, -0.2) is 10.9 Å². The van der Waals surface area contributed by atoms with Crippen molar-refractivity contribution in [3.63, 3.8) is 0 Å². The standard InChI is InChI=1S/C13H12ClFN2OS/c1-8-4-9(2-3-11(8)15)16-12(18)5-13-17-10(6-14)7-19-13/h2-4,7H,5-6H2,1H3,(H,16,18). The third kappa shape index (κ3) is 3.75. The van der Waals surface area contributed by atoms with Crippen LogP contribution in [0.1, 0.15) is 16.3 Å². The fraction of sp³-hybridized carbons (Fsp3) is 0.231. The van der Waals surface area contributed by atoms with E-state index < -0.39 is 0 Å². The summed E-state index contributed by atoms with van der Waals surface area (Å²) in [6, 6.07) is 4.46. The summed E-state index contributed by atoms with van der Waals surface area (Å²) in [5, 5.41) is 5.26. The molecule has 2 rings (SSSR count). The van der Waals surface area contributed by atoms with Crippen LogP contribution in [0.15, 0.2) is 23.6 Å². The molecule has 6 heteroatoms. The molecule has 3 nitrogen and oxygen atoms in total. The fourth-order valence-electron chi connectivity index (χ4n) is 1.56. The lowest BCUT2D eigenvalue weighted by atomic mass is 10.2. The molecule has 0 radical (unpaired) electrons. The van der Waals surface area contributed by atoms with E-state index in [0.29, 0.717) is 22.1 Å². The first-order valence-electron chi connectivity index (χ1n) is 5.63. The van der Waals surface area contributed by atoms with Gasteiger partial charge in [-0.2, -0.15) is 0 Å². The lowest BCUT2D eigenvalue weighted by Crippen LogP contribution is -2.14. The molecule has 2 aromatic rings. The van der Waals surface area contributed by atoms with Crippen molar-refractivity contribution in [2.75, 3.05) is 5.32 Å². The van der Waals surface area contributed by atoms with Gasteiger partial charge < -0.3 is 5.32 Å². The SMILES string of the molecule is Cc1cc(NC(=O)Cc2nc(CCl)cs2)ccc1F. The molecule has 1 heterocycles. The molecular formula is C13H12ClFN2OS. The van der Waals surface area contributed by atoms with Crippen molar-refractivity contribution in [1.82, 2.24) is 4.98 Å². The van der Waals surface area contributed by atoms with Crippen LogP contribution in [0.2, 0.25) is 0 Å². The molecule has 0 unspecified atom stereocenters. The maximum atomic E-state index is 13.1. The van der Waals surface area contributed by atoms with Gasteiger partial charge in [-0.05, 0) is 30.7 Å². The number of aromatic nitrogens is 1. The molecule has 0 atom stereocenters. The summed E-state index contributed by atoms with van der Waals surface area (Å²) >= 11 is 7.05. The Balaban J connectivity index is 1.98. The van der Waals surface area contributed by atoms with Crippen molar-refractivity contribution in [2.24, 2.45) is 0 Å². The predicted octanol–water partition coefficient (Wildman–Crippen LogP) is 3.51. The van der Waals surface area contributed by atoms with Gasteiger partial charge in [0.05, 0.1) is 18.0 Å². The lowest BCUT2D eigenvalue weighted by Gasteiger charge is -2.05. The number of hydrogen-bond acceptors (Lipinski definition) is 3. The number of nitrogens with zero attached hydrogens (tertiary/aromatic N) is 1. The van der Waals surface area contributed by atoms with Crippen molar-refractivity contribution in [2.45, 2.75) is 19.2 Å². The second-order valence-corrected chi connectivity index (χ2v) is 5.27. The van der Waals surface area contributed by atoms with Crippen LogP contribution >= 0.6 is 22.9 Å². The van der Waals surface area contributed by atoms with Gasteiger partial charge in [-0.3, -0.25) is 4.79 Å². The van der Waals surface area contributed by atoms with E-state index in [1.807, 2.05) is 5.38 Å². The topological polar surface area (TPSA) is 42.0 Å². The minimum absolute atomic E-state index is 0.179. The molecule has 0 fully saturated rings. The van der Waals surface area contributed by atoms with Crippen molar-refractivity contribution < 1.29 is 9.18 Å². The monoisotopic (exact) mass is 298 g/mol. The normalized spacial score (nSPS) is 10.5. The Morgan fingerprint density at radius 2 is 2.32 bits per heavy atom. The van der Waals surface area contributed by atoms with Crippen molar-refractivity contribution >= 4 is 34.5 Å². The molecule has 0 aliphatic carbocycles. The van der Waals surface area contributed by atoms with Gasteiger partial charge in [0, 0.05) is 11.1 Å². The maximum absolute atomic E-state index is 13.1. The zero-order valence-corrected chi connectivity index (χ0v) is 11.8. The van der Waals surface area contributed by atoms with E-state index >= 15 is 0 Å². The summed E-state index contributed by atoms with van der Waals surface area (Å²) in [5.41, 5.74) is 1.85. The molecule has 0 aliphatic rings. The number of thiazole rings is 1. The molecule has 1 amide bonds. The van der Waals surface area contributed by atoms with E-state index in [4.69, 9.17) is 11.6 Å². The number of nitrogens with one attached hydrogen (secondary N) is 1. The van der Waals surface area contributed by atoms with Gasteiger partial charge in [-0.1, -0.05) is 0 Å². The predicted molar refractivity (Wildman–Crippen MR) is 75.1 cm³/mol. The molecule has 100 valence electrons. The number of carbonyl (C=O) groups is 1. The number of hydrogen-bond donors (Lipinski definition) is 1. The molecule has 19 heavy (non-hydrogen) atoms. The van der Waals surface area contributed by atoms with Crippen LogP contribution in [0.25, 0.3) is 0 Å². The van der Waals surface area contributed by atoms with Gasteiger partial charge >= 0.3 is 0 Å². The third-order valence-corrected chi connectivity index (χ3v) is 3.66. The molecule has 0 aliphatic heterocycles. The molecule has 0 spiro atoms. The molecule has 1 aromatic heterocycles. The van der Waals surface area contributed by atoms with Crippen molar-refractivity contribution in [3.8, 4) is 0 Å². The van der Waals surface area contributed by atoms with Crippen LogP contribution < -0.4 is 5.32 Å². The Morgan fingerprint density at radius 1 is 1.53 bits per heavy atom. The van der Waals surface area contributed by atoms with Crippen LogP contribution in [0.3, 0.4) is 0 Å². The summed E-state index contributed by atoms with van der Waals surface area (Å²) in [5.74, 6) is -0.124. The quantitative estimate of drug-likeness (QED) is 0.878. The maximum Gasteiger partial charge on any atom is 0.231 e. The Bertz CT molecular complexity index is 600. The summed E-state index contributed by atoms with van der Waals surface area (Å²) in [7, 11) is 0. The highest BCUT2D eigenvalue weighted by Crippen LogP contribution is 2.15. The van der Waals surface area contributed by atoms with E-state index in [1.54, 1.807) is 13.0 Å². The average molecular weight is 299 g/mol. The van der Waals surface area contributed by atoms with Gasteiger partial charge in [0.15, 0.2) is 0 Å². The van der Waals surface area contributed by atoms with Crippen LogP contribution in [0.4, 0.5) is 10.1 Å². The highest BCUT2D eigenvalue weighted by atomic mass is 35.5. The molecule has 0 bridgehead atoms. The van der Waals surface area contributed by atoms with Crippen LogP contribution in [-0.2, 0) is 17.1 Å². The average Bonchev–Trinajstić information content (AvgIpc) is 2.81. The van der Waals surface area contributed by atoms with E-state index in [9.17, 15) is 9.18 Å². The van der Waals surface area contributed by atoms with Gasteiger partial charge in [0.25, 0.3) is 0 Å². The molecule has 1 aromatic carbocycles. The van der Waals surface area contributed by atoms with Crippen molar-refractivity contribution in [3.05, 3.63) is 45.7 Å². The first kappa shape index (κ1) is 14.0. The van der Waals surface area contributed by atoms with Gasteiger partial charge in [0.1, 0.15) is 10.8 Å². The molecular weight excluding hydrogens is 287 g/mol. The Hall–Kier alpha value is -1.46. The number of aryl methyl sites for hydroxylation is 1. The number of benzene rings is 1. The summed E-state index contributed by atoms with van der Waals surface area (Å²) < 4.78 is 13.1. The molecule has 0 saturated carbocycles. The summed E-state index contributed by atoms with van der Waals surface area (Å²) in [6.45, 7) is 1.65. The minimum Gasteiger partial charge on any atom is -0.326 e. The van der Waals surface area contributed by atoms with E-state index in [2.05, 4.69) is 10.3 Å². The first-order valence-corrected chi connectivity index (χ1v) is 7.05. The van der Waals surface area contributed by atoms with Crippen LogP contribution in [0.5, 0.6) is 0 Å². The number of halogens is 2. The van der Waals surface area contributed by atoms with E-state index in [1.165, 1.54) is 23.5 Å². The molecule has 0 saturated heterocycles. The van der Waals surface area contributed by atoms with E-state index in [-0.39, 0.29) is 18.1 Å². The zero-order chi connectivity index (χ0) is 13.8. The van der Waals surface area contributed by atoms with Crippen LogP contribution in [0, 0.1) is 12.7 Å². The highest BCUT2D eigenvalue weighted by Gasteiger charge is 2.09. The number of alkyl halides is 1. The van der Waals surface area contributed by atoms with Crippen molar-refractivity contribution in [1.29, 1.82) is 0 Å². The second-order valence-electron chi connectivity index (χ2n) is 4.06. The second kappa shape index (κ2) is 6.12. The number of anilines is 1. The largest absolute Gasteiger partial charge is 0.326 e. The van der Waals surface area contributed by atoms with Gasteiger partial charge in [0.2, 0.25) is 5.91 Å². The molecule has 1 N–H and O–H groups in total. The third-order valence-electron chi connectivity index (χ3n) is 2.49. The summed E-state index contributed by atoms with van der Waals surface area (Å²) in [6.07, 6.45) is 0.192. The minimum atomic E-state index is -0.287. The first-order chi connectivity index (χ1) is 9.08. The smallest absolute Gasteiger partial charge is 0.231 e. The van der Waals surface area contributed by atoms with Gasteiger partial charge in [-0.15, -0.1) is 22.9 Å².